The highest BCUT2D eigenvalue weighted by Crippen LogP contribution is 2.29. The molecule has 30 heavy (non-hydrogen) atoms. The fraction of sp³-hybridized carbons (Fsp3) is 0.0870. The Kier molecular flexibility index (Phi) is 4.77. The van der Waals surface area contributed by atoms with Crippen molar-refractivity contribution >= 4 is 34.0 Å². The third-order valence-corrected chi connectivity index (χ3v) is 5.19. The van der Waals surface area contributed by atoms with E-state index in [-0.39, 0.29) is 5.82 Å². The Bertz CT molecular complexity index is 1350. The number of rotatable bonds is 5. The molecule has 0 aliphatic heterocycles. The molecule has 0 saturated carbocycles. The van der Waals surface area contributed by atoms with Crippen LogP contribution in [0.4, 0.5) is 10.2 Å². The zero-order valence-electron chi connectivity index (χ0n) is 15.9. The van der Waals surface area contributed by atoms with Crippen molar-refractivity contribution in [2.75, 3.05) is 11.9 Å². The fourth-order valence-corrected chi connectivity index (χ4v) is 3.68. The maximum absolute atomic E-state index is 13.8. The first kappa shape index (κ1) is 18.5. The zero-order valence-corrected chi connectivity index (χ0v) is 16.6. The Hall–Kier alpha value is -3.51. The highest BCUT2D eigenvalue weighted by molar-refractivity contribution is 6.31. The molecule has 3 aromatic carbocycles. The third kappa shape index (κ3) is 3.46. The topological polar surface area (TPSA) is 55.1 Å². The van der Waals surface area contributed by atoms with Gasteiger partial charge in [0.15, 0.2) is 5.65 Å². The molecule has 0 bridgehead atoms. The van der Waals surface area contributed by atoms with E-state index in [4.69, 9.17) is 16.6 Å². The molecule has 0 radical (unpaired) electrons. The second-order valence-electron chi connectivity index (χ2n) is 6.97. The lowest BCUT2D eigenvalue weighted by molar-refractivity contribution is 0.628. The van der Waals surface area contributed by atoms with E-state index in [1.165, 1.54) is 17.7 Å². The van der Waals surface area contributed by atoms with Gasteiger partial charge in [-0.1, -0.05) is 59.3 Å². The molecule has 2 aromatic heterocycles. The van der Waals surface area contributed by atoms with E-state index in [2.05, 4.69) is 27.8 Å². The van der Waals surface area contributed by atoms with E-state index in [9.17, 15) is 4.39 Å². The van der Waals surface area contributed by atoms with Crippen molar-refractivity contribution in [1.29, 1.82) is 0 Å². The van der Waals surface area contributed by atoms with Crippen molar-refractivity contribution in [1.82, 2.24) is 19.8 Å². The van der Waals surface area contributed by atoms with Gasteiger partial charge in [0.1, 0.15) is 17.3 Å². The van der Waals surface area contributed by atoms with Crippen molar-refractivity contribution in [3.05, 3.63) is 89.2 Å². The first-order valence-electron chi connectivity index (χ1n) is 9.57. The van der Waals surface area contributed by atoms with Gasteiger partial charge in [0.05, 0.1) is 5.52 Å². The van der Waals surface area contributed by atoms with Gasteiger partial charge in [-0.05, 0) is 42.3 Å². The lowest BCUT2D eigenvalue weighted by Crippen LogP contribution is -2.08. The van der Waals surface area contributed by atoms with Crippen molar-refractivity contribution in [3.8, 4) is 11.3 Å². The van der Waals surface area contributed by atoms with E-state index < -0.39 is 0 Å². The van der Waals surface area contributed by atoms with Crippen LogP contribution < -0.4 is 5.32 Å². The third-order valence-electron chi connectivity index (χ3n) is 4.95. The number of hydrogen-bond donors (Lipinski definition) is 1. The van der Waals surface area contributed by atoms with Gasteiger partial charge in [0.2, 0.25) is 0 Å². The molecule has 1 N–H and O–H groups in total. The molecule has 5 rings (SSSR count). The van der Waals surface area contributed by atoms with Crippen molar-refractivity contribution in [2.24, 2.45) is 0 Å². The summed E-state index contributed by atoms with van der Waals surface area (Å²) in [5, 5.41) is 13.4. The molecule has 0 atom stereocenters. The van der Waals surface area contributed by atoms with Crippen LogP contribution in [-0.2, 0) is 6.42 Å². The summed E-state index contributed by atoms with van der Waals surface area (Å²) in [6, 6.07) is 22.1. The largest absolute Gasteiger partial charge is 0.369 e. The summed E-state index contributed by atoms with van der Waals surface area (Å²) >= 11 is 6.25. The minimum atomic E-state index is -0.335. The molecule has 0 amide bonds. The molecule has 148 valence electrons. The summed E-state index contributed by atoms with van der Waals surface area (Å²) < 4.78 is 15.4. The zero-order chi connectivity index (χ0) is 20.5. The summed E-state index contributed by atoms with van der Waals surface area (Å²) in [6.07, 6.45) is 0.858. The molecule has 0 aliphatic carbocycles. The van der Waals surface area contributed by atoms with Gasteiger partial charge in [-0.2, -0.15) is 4.52 Å². The van der Waals surface area contributed by atoms with Crippen LogP contribution in [0, 0.1) is 5.82 Å². The predicted molar refractivity (Wildman–Crippen MR) is 117 cm³/mol. The minimum Gasteiger partial charge on any atom is -0.369 e. The number of nitrogens with one attached hydrogen (secondary N) is 1. The maximum atomic E-state index is 13.8. The highest BCUT2D eigenvalue weighted by atomic mass is 35.5. The van der Waals surface area contributed by atoms with Gasteiger partial charge in [-0.15, -0.1) is 5.10 Å². The molecule has 0 fully saturated rings. The molecule has 7 heteroatoms. The van der Waals surface area contributed by atoms with E-state index in [0.29, 0.717) is 34.3 Å². The molecule has 0 spiro atoms. The van der Waals surface area contributed by atoms with E-state index in [0.717, 1.165) is 17.3 Å². The van der Waals surface area contributed by atoms with Crippen LogP contribution in [0.25, 0.3) is 27.8 Å². The Morgan fingerprint density at radius 3 is 2.67 bits per heavy atom. The van der Waals surface area contributed by atoms with Crippen LogP contribution in [0.2, 0.25) is 5.02 Å². The summed E-state index contributed by atoms with van der Waals surface area (Å²) in [5.41, 5.74) is 3.70. The Morgan fingerprint density at radius 2 is 1.83 bits per heavy atom. The van der Waals surface area contributed by atoms with Crippen LogP contribution in [0.5, 0.6) is 0 Å². The van der Waals surface area contributed by atoms with Crippen molar-refractivity contribution in [2.45, 2.75) is 6.42 Å². The van der Waals surface area contributed by atoms with Gasteiger partial charge >= 0.3 is 0 Å². The van der Waals surface area contributed by atoms with Crippen molar-refractivity contribution in [3.63, 3.8) is 0 Å². The summed E-state index contributed by atoms with van der Waals surface area (Å²) in [6.45, 7) is 0.710. The lowest BCUT2D eigenvalue weighted by atomic mass is 10.1. The van der Waals surface area contributed by atoms with Crippen molar-refractivity contribution < 1.29 is 4.39 Å². The quantitative estimate of drug-likeness (QED) is 0.416. The molecular weight excluding hydrogens is 401 g/mol. The van der Waals surface area contributed by atoms with Crippen LogP contribution in [0.1, 0.15) is 5.56 Å². The molecule has 5 nitrogen and oxygen atoms in total. The number of nitrogens with zero attached hydrogens (tertiary/aromatic N) is 4. The first-order valence-corrected chi connectivity index (χ1v) is 9.95. The number of benzene rings is 3. The van der Waals surface area contributed by atoms with E-state index in [1.54, 1.807) is 16.6 Å². The number of hydrogen-bond acceptors (Lipinski definition) is 4. The van der Waals surface area contributed by atoms with Gasteiger partial charge in [0.25, 0.3) is 0 Å². The normalized spacial score (nSPS) is 11.3. The molecule has 0 unspecified atom stereocenters. The molecule has 2 heterocycles. The average Bonchev–Trinajstić information content (AvgIpc) is 3.18. The monoisotopic (exact) mass is 417 g/mol. The second-order valence-corrected chi connectivity index (χ2v) is 7.40. The SMILES string of the molecule is Fc1cccc(-c2nnn3c2nc(NCCc2ccccc2)c2ccc(Cl)cc23)c1. The molecule has 0 saturated heterocycles. The summed E-state index contributed by atoms with van der Waals surface area (Å²) in [7, 11) is 0. The first-order chi connectivity index (χ1) is 14.7. The minimum absolute atomic E-state index is 0.335. The Balaban J connectivity index is 1.60. The van der Waals surface area contributed by atoms with Gasteiger partial charge < -0.3 is 5.32 Å². The van der Waals surface area contributed by atoms with Crippen LogP contribution in [0.3, 0.4) is 0 Å². The average molecular weight is 418 g/mol. The van der Waals surface area contributed by atoms with Crippen LogP contribution >= 0.6 is 11.6 Å². The Morgan fingerprint density at radius 1 is 0.967 bits per heavy atom. The highest BCUT2D eigenvalue weighted by Gasteiger charge is 2.16. The number of anilines is 1. The second kappa shape index (κ2) is 7.72. The predicted octanol–water partition coefficient (Wildman–Crippen LogP) is 5.39. The summed E-state index contributed by atoms with van der Waals surface area (Å²) in [5.74, 6) is 0.378. The van der Waals surface area contributed by atoms with Gasteiger partial charge in [0, 0.05) is 22.5 Å². The summed E-state index contributed by atoms with van der Waals surface area (Å²) in [4.78, 5) is 4.79. The van der Waals surface area contributed by atoms with E-state index >= 15 is 0 Å². The van der Waals surface area contributed by atoms with E-state index in [1.807, 2.05) is 36.4 Å². The Labute approximate surface area is 177 Å². The molecular formula is C23H17ClFN5. The standard InChI is InChI=1S/C23H17ClFN5/c24-17-9-10-19-20(14-17)30-23(21(28-29-30)16-7-4-8-18(25)13-16)27-22(19)26-12-11-15-5-2-1-3-6-15/h1-10,13-14H,11-12H2,(H,26,27). The lowest BCUT2D eigenvalue weighted by Gasteiger charge is -2.11. The molecule has 5 aromatic rings. The maximum Gasteiger partial charge on any atom is 0.186 e. The smallest absolute Gasteiger partial charge is 0.186 e. The van der Waals surface area contributed by atoms with Crippen LogP contribution in [-0.4, -0.2) is 26.4 Å². The number of fused-ring (bicyclic) bond motifs is 3. The van der Waals surface area contributed by atoms with Gasteiger partial charge in [-0.3, -0.25) is 0 Å². The van der Waals surface area contributed by atoms with Crippen LogP contribution in [0.15, 0.2) is 72.8 Å². The number of aromatic nitrogens is 4. The molecule has 0 aliphatic rings. The fourth-order valence-electron chi connectivity index (χ4n) is 3.51. The number of halogens is 2. The van der Waals surface area contributed by atoms with Gasteiger partial charge in [-0.25, -0.2) is 9.37 Å².